The quantitative estimate of drug-likeness (QED) is 0.736. The van der Waals surface area contributed by atoms with Gasteiger partial charge in [-0.25, -0.2) is 4.98 Å². The Morgan fingerprint density at radius 1 is 1.27 bits per heavy atom. The highest BCUT2D eigenvalue weighted by Gasteiger charge is 2.59. The summed E-state index contributed by atoms with van der Waals surface area (Å²) >= 11 is 1.25. The molecule has 140 valence electrons. The van der Waals surface area contributed by atoms with E-state index in [1.807, 2.05) is 0 Å². The van der Waals surface area contributed by atoms with Gasteiger partial charge in [0.05, 0.1) is 25.8 Å². The van der Waals surface area contributed by atoms with Gasteiger partial charge < -0.3 is 15.4 Å². The molecule has 4 aliphatic carbocycles. The lowest BCUT2D eigenvalue weighted by Gasteiger charge is -2.36. The molecule has 7 nitrogen and oxygen atoms in total. The molecular weight excluding hydrogens is 354 g/mol. The number of rotatable bonds is 6. The molecule has 4 bridgehead atoms. The van der Waals surface area contributed by atoms with Gasteiger partial charge in [0.25, 0.3) is 0 Å². The molecule has 4 fully saturated rings. The van der Waals surface area contributed by atoms with E-state index in [1.165, 1.54) is 31.3 Å². The number of esters is 1. The molecule has 1 aromatic rings. The number of amides is 2. The molecule has 0 aromatic carbocycles. The van der Waals surface area contributed by atoms with E-state index in [0.717, 1.165) is 31.1 Å². The number of carbonyl (C=O) groups is 3. The minimum Gasteiger partial charge on any atom is -0.469 e. The highest BCUT2D eigenvalue weighted by atomic mass is 32.1. The summed E-state index contributed by atoms with van der Waals surface area (Å²) in [5.74, 6) is 1.50. The maximum atomic E-state index is 12.7. The number of thiazole rings is 1. The summed E-state index contributed by atoms with van der Waals surface area (Å²) in [6, 6.07) is 0. The Labute approximate surface area is 155 Å². The number of nitrogens with one attached hydrogen (secondary N) is 2. The van der Waals surface area contributed by atoms with Gasteiger partial charge in [0.1, 0.15) is 0 Å². The van der Waals surface area contributed by atoms with Gasteiger partial charge in [0.15, 0.2) is 5.13 Å². The summed E-state index contributed by atoms with van der Waals surface area (Å²) in [6.07, 6.45) is 5.62. The molecular formula is C18H23N3O4S. The lowest BCUT2D eigenvalue weighted by atomic mass is 9.69. The third-order valence-corrected chi connectivity index (χ3v) is 6.97. The molecule has 2 amide bonds. The third kappa shape index (κ3) is 3.22. The Morgan fingerprint density at radius 3 is 2.65 bits per heavy atom. The van der Waals surface area contributed by atoms with Gasteiger partial charge in [-0.3, -0.25) is 14.4 Å². The molecule has 0 saturated heterocycles. The van der Waals surface area contributed by atoms with E-state index in [4.69, 9.17) is 0 Å². The van der Waals surface area contributed by atoms with E-state index < -0.39 is 0 Å². The SMILES string of the molecule is COC(=O)Cc1csc(NC(=O)CNC(=O)C23CC4CC(C2)C(C4)C3)n1. The highest BCUT2D eigenvalue weighted by molar-refractivity contribution is 7.13. The molecule has 4 saturated carbocycles. The number of ether oxygens (including phenoxy) is 1. The zero-order chi connectivity index (χ0) is 18.3. The van der Waals surface area contributed by atoms with Crippen molar-refractivity contribution in [2.45, 2.75) is 38.5 Å². The van der Waals surface area contributed by atoms with Crippen LogP contribution < -0.4 is 10.6 Å². The van der Waals surface area contributed by atoms with Crippen LogP contribution in [0.2, 0.25) is 0 Å². The van der Waals surface area contributed by atoms with Crippen molar-refractivity contribution in [1.29, 1.82) is 0 Å². The standard InChI is InChI=1S/C18H23N3O4S/c1-25-15(23)4-13-9-26-17(20-13)21-14(22)8-19-16(24)18-5-10-2-11(6-18)12(3-10)7-18/h9-12H,2-8H2,1H3,(H,19,24)(H,20,21,22). The van der Waals surface area contributed by atoms with Crippen LogP contribution in [0.3, 0.4) is 0 Å². The van der Waals surface area contributed by atoms with Crippen LogP contribution >= 0.6 is 11.3 Å². The van der Waals surface area contributed by atoms with Crippen LogP contribution in [0.5, 0.6) is 0 Å². The molecule has 2 atom stereocenters. The lowest BCUT2D eigenvalue weighted by molar-refractivity contribution is -0.139. The first-order valence-corrected chi connectivity index (χ1v) is 9.95. The van der Waals surface area contributed by atoms with Crippen LogP contribution in [0.4, 0.5) is 5.13 Å². The Bertz CT molecular complexity index is 727. The van der Waals surface area contributed by atoms with Gasteiger partial charge in [0, 0.05) is 10.8 Å². The fraction of sp³-hybridized carbons (Fsp3) is 0.667. The zero-order valence-electron chi connectivity index (χ0n) is 14.7. The summed E-state index contributed by atoms with van der Waals surface area (Å²) in [5, 5.41) is 7.63. The summed E-state index contributed by atoms with van der Waals surface area (Å²) in [6.45, 7) is -0.0491. The maximum Gasteiger partial charge on any atom is 0.311 e. The highest BCUT2D eigenvalue weighted by Crippen LogP contribution is 2.64. The van der Waals surface area contributed by atoms with E-state index in [2.05, 4.69) is 20.4 Å². The Hall–Kier alpha value is -1.96. The second kappa shape index (κ2) is 6.64. The minimum atomic E-state index is -0.375. The molecule has 0 radical (unpaired) electrons. The van der Waals surface area contributed by atoms with Gasteiger partial charge in [0.2, 0.25) is 11.8 Å². The number of carbonyl (C=O) groups excluding carboxylic acids is 3. The first-order chi connectivity index (χ1) is 12.5. The van der Waals surface area contributed by atoms with Crippen LogP contribution in [0.15, 0.2) is 5.38 Å². The van der Waals surface area contributed by atoms with E-state index in [1.54, 1.807) is 5.38 Å². The number of hydrogen-bond acceptors (Lipinski definition) is 6. The van der Waals surface area contributed by atoms with Crippen LogP contribution in [0.1, 0.15) is 37.8 Å². The normalized spacial score (nSPS) is 31.0. The number of nitrogens with zero attached hydrogens (tertiary/aromatic N) is 1. The average molecular weight is 377 g/mol. The minimum absolute atomic E-state index is 0.0371. The van der Waals surface area contributed by atoms with Crippen molar-refractivity contribution in [3.05, 3.63) is 11.1 Å². The predicted molar refractivity (Wildman–Crippen MR) is 95.5 cm³/mol. The average Bonchev–Trinajstić information content (AvgIpc) is 3.23. The van der Waals surface area contributed by atoms with Crippen LogP contribution in [-0.2, 0) is 25.5 Å². The molecule has 2 N–H and O–H groups in total. The van der Waals surface area contributed by atoms with E-state index >= 15 is 0 Å². The number of anilines is 1. The molecule has 26 heavy (non-hydrogen) atoms. The Kier molecular flexibility index (Phi) is 4.46. The molecule has 0 aliphatic heterocycles. The van der Waals surface area contributed by atoms with E-state index in [-0.39, 0.29) is 36.2 Å². The van der Waals surface area contributed by atoms with Gasteiger partial charge in [-0.1, -0.05) is 0 Å². The molecule has 2 unspecified atom stereocenters. The largest absolute Gasteiger partial charge is 0.469 e. The summed E-state index contributed by atoms with van der Waals surface area (Å²) in [7, 11) is 1.32. The molecule has 1 heterocycles. The van der Waals surface area contributed by atoms with Crippen molar-refractivity contribution in [2.24, 2.45) is 23.2 Å². The molecule has 1 aromatic heterocycles. The van der Waals surface area contributed by atoms with Crippen LogP contribution in [-0.4, -0.2) is 36.4 Å². The Morgan fingerprint density at radius 2 is 2.00 bits per heavy atom. The number of methoxy groups -OCH3 is 1. The number of aromatic nitrogens is 1. The first-order valence-electron chi connectivity index (χ1n) is 9.07. The zero-order valence-corrected chi connectivity index (χ0v) is 15.6. The van der Waals surface area contributed by atoms with Gasteiger partial charge in [-0.2, -0.15) is 0 Å². The van der Waals surface area contributed by atoms with Gasteiger partial charge >= 0.3 is 5.97 Å². The Balaban J connectivity index is 1.27. The van der Waals surface area contributed by atoms with Crippen molar-refractivity contribution >= 4 is 34.3 Å². The second-order valence-corrected chi connectivity index (χ2v) is 8.74. The summed E-state index contributed by atoms with van der Waals surface area (Å²) < 4.78 is 4.59. The van der Waals surface area contributed by atoms with Crippen molar-refractivity contribution in [1.82, 2.24) is 10.3 Å². The second-order valence-electron chi connectivity index (χ2n) is 7.88. The van der Waals surface area contributed by atoms with Gasteiger partial charge in [-0.15, -0.1) is 11.3 Å². The van der Waals surface area contributed by atoms with Crippen molar-refractivity contribution in [3.8, 4) is 0 Å². The third-order valence-electron chi connectivity index (χ3n) is 6.17. The first kappa shape index (κ1) is 17.5. The molecule has 4 aliphatic rings. The van der Waals surface area contributed by atoms with E-state index in [9.17, 15) is 14.4 Å². The van der Waals surface area contributed by atoms with Gasteiger partial charge in [-0.05, 0) is 49.9 Å². The van der Waals surface area contributed by atoms with Crippen molar-refractivity contribution in [2.75, 3.05) is 19.0 Å². The van der Waals surface area contributed by atoms with Crippen LogP contribution in [0.25, 0.3) is 0 Å². The molecule has 8 heteroatoms. The predicted octanol–water partition coefficient (Wildman–Crippen LogP) is 1.74. The fourth-order valence-electron chi connectivity index (χ4n) is 5.27. The maximum absolute atomic E-state index is 12.7. The van der Waals surface area contributed by atoms with Crippen molar-refractivity contribution in [3.63, 3.8) is 0 Å². The smallest absolute Gasteiger partial charge is 0.311 e. The molecule has 0 spiro atoms. The molecule has 5 rings (SSSR count). The monoisotopic (exact) mass is 377 g/mol. The van der Waals surface area contributed by atoms with E-state index in [0.29, 0.717) is 16.7 Å². The summed E-state index contributed by atoms with van der Waals surface area (Å²) in [5.41, 5.74) is 0.324. The summed E-state index contributed by atoms with van der Waals surface area (Å²) in [4.78, 5) is 40.2. The van der Waals surface area contributed by atoms with Crippen molar-refractivity contribution < 1.29 is 19.1 Å². The lowest BCUT2D eigenvalue weighted by Crippen LogP contribution is -2.45. The number of hydrogen-bond donors (Lipinski definition) is 2. The van der Waals surface area contributed by atoms with Crippen LogP contribution in [0, 0.1) is 23.2 Å². The fourth-order valence-corrected chi connectivity index (χ4v) is 5.99. The topological polar surface area (TPSA) is 97.4 Å².